The van der Waals surface area contributed by atoms with Gasteiger partial charge in [-0.05, 0) is 23.3 Å². The fraction of sp³-hybridized carbons (Fsp3) is 0.250. The fourth-order valence-electron chi connectivity index (χ4n) is 2.06. The molecule has 4 heteroatoms. The summed E-state index contributed by atoms with van der Waals surface area (Å²) in [6.45, 7) is 0.381. The molecule has 106 valence electrons. The summed E-state index contributed by atoms with van der Waals surface area (Å²) >= 11 is 3.39. The summed E-state index contributed by atoms with van der Waals surface area (Å²) in [6.07, 6.45) is -0.606. The fourth-order valence-corrected chi connectivity index (χ4v) is 2.48. The zero-order chi connectivity index (χ0) is 14.4. The Morgan fingerprint density at radius 2 is 1.70 bits per heavy atom. The molecule has 2 atom stereocenters. The highest BCUT2D eigenvalue weighted by molar-refractivity contribution is 9.10. The molecule has 2 aromatic rings. The summed E-state index contributed by atoms with van der Waals surface area (Å²) in [7, 11) is 0. The first kappa shape index (κ1) is 15.2. The molecule has 0 radical (unpaired) electrons. The van der Waals surface area contributed by atoms with Crippen molar-refractivity contribution in [3.05, 3.63) is 70.2 Å². The number of hydrogen-bond acceptors (Lipinski definition) is 3. The van der Waals surface area contributed by atoms with Crippen molar-refractivity contribution in [3.63, 3.8) is 0 Å². The average molecular weight is 336 g/mol. The third-order valence-electron chi connectivity index (χ3n) is 3.18. The van der Waals surface area contributed by atoms with Crippen LogP contribution in [0.5, 0.6) is 0 Å². The van der Waals surface area contributed by atoms with Crippen LogP contribution in [0.2, 0.25) is 0 Å². The molecule has 0 spiro atoms. The number of aliphatic hydroxyl groups is 2. The van der Waals surface area contributed by atoms with Crippen LogP contribution in [0.4, 0.5) is 0 Å². The van der Waals surface area contributed by atoms with Gasteiger partial charge in [-0.25, -0.2) is 0 Å². The lowest BCUT2D eigenvalue weighted by atomic mass is 10.1. The van der Waals surface area contributed by atoms with Gasteiger partial charge >= 0.3 is 0 Å². The van der Waals surface area contributed by atoms with E-state index in [4.69, 9.17) is 0 Å². The molecule has 0 saturated carbocycles. The Hall–Kier alpha value is -1.20. The van der Waals surface area contributed by atoms with E-state index in [1.165, 1.54) is 0 Å². The van der Waals surface area contributed by atoms with Crippen LogP contribution >= 0.6 is 15.9 Å². The minimum atomic E-state index is -0.606. The molecule has 0 amide bonds. The third kappa shape index (κ3) is 4.15. The Kier molecular flexibility index (Phi) is 5.73. The third-order valence-corrected chi connectivity index (χ3v) is 3.67. The summed E-state index contributed by atoms with van der Waals surface area (Å²) in [5.41, 5.74) is 1.85. The minimum absolute atomic E-state index is 0.00474. The summed E-state index contributed by atoms with van der Waals surface area (Å²) in [5.74, 6) is 0. The van der Waals surface area contributed by atoms with Crippen molar-refractivity contribution >= 4 is 15.9 Å². The van der Waals surface area contributed by atoms with Gasteiger partial charge in [0.25, 0.3) is 0 Å². The Labute approximate surface area is 127 Å². The highest BCUT2D eigenvalue weighted by atomic mass is 79.9. The van der Waals surface area contributed by atoms with Crippen molar-refractivity contribution in [3.8, 4) is 0 Å². The molecule has 0 fully saturated rings. The van der Waals surface area contributed by atoms with E-state index in [0.717, 1.165) is 15.6 Å². The van der Waals surface area contributed by atoms with E-state index in [9.17, 15) is 10.2 Å². The second kappa shape index (κ2) is 7.55. The number of benzene rings is 2. The van der Waals surface area contributed by atoms with E-state index in [-0.39, 0.29) is 12.6 Å². The molecule has 0 bridgehead atoms. The predicted molar refractivity (Wildman–Crippen MR) is 83.4 cm³/mol. The summed E-state index contributed by atoms with van der Waals surface area (Å²) in [6, 6.07) is 17.1. The number of aliphatic hydroxyl groups excluding tert-OH is 2. The molecule has 20 heavy (non-hydrogen) atoms. The molecule has 3 nitrogen and oxygen atoms in total. The maximum Gasteiger partial charge on any atom is 0.0914 e. The Morgan fingerprint density at radius 1 is 1.00 bits per heavy atom. The van der Waals surface area contributed by atoms with Gasteiger partial charge in [-0.3, -0.25) is 0 Å². The van der Waals surface area contributed by atoms with E-state index in [1.54, 1.807) is 0 Å². The molecule has 0 aliphatic heterocycles. The van der Waals surface area contributed by atoms with Crippen molar-refractivity contribution in [2.24, 2.45) is 0 Å². The van der Waals surface area contributed by atoms with Gasteiger partial charge in [0, 0.05) is 11.0 Å². The molecule has 0 aromatic heterocycles. The van der Waals surface area contributed by atoms with Crippen LogP contribution in [-0.4, -0.2) is 23.4 Å². The predicted octanol–water partition coefficient (Wildman–Crippen LogP) is 2.81. The SMILES string of the molecule is OCC(NCC(O)c1cccc(Br)c1)c1ccccc1. The van der Waals surface area contributed by atoms with Gasteiger partial charge in [-0.15, -0.1) is 0 Å². The van der Waals surface area contributed by atoms with Gasteiger partial charge in [0.1, 0.15) is 0 Å². The first-order valence-electron chi connectivity index (χ1n) is 6.53. The zero-order valence-electron chi connectivity index (χ0n) is 11.0. The van der Waals surface area contributed by atoms with Crippen LogP contribution in [0.1, 0.15) is 23.3 Å². The van der Waals surface area contributed by atoms with Crippen molar-refractivity contribution in [1.29, 1.82) is 0 Å². The Bertz CT molecular complexity index is 533. The summed E-state index contributed by atoms with van der Waals surface area (Å²) in [4.78, 5) is 0. The van der Waals surface area contributed by atoms with Gasteiger partial charge in [0.05, 0.1) is 18.8 Å². The van der Waals surface area contributed by atoms with Crippen LogP contribution in [0.15, 0.2) is 59.1 Å². The molecule has 0 aliphatic carbocycles. The number of nitrogens with one attached hydrogen (secondary N) is 1. The number of halogens is 1. The second-order valence-corrected chi connectivity index (χ2v) is 5.54. The van der Waals surface area contributed by atoms with Crippen LogP contribution in [0.25, 0.3) is 0 Å². The molecule has 3 N–H and O–H groups in total. The maximum absolute atomic E-state index is 10.2. The molecule has 2 rings (SSSR count). The first-order valence-corrected chi connectivity index (χ1v) is 7.32. The molecular weight excluding hydrogens is 318 g/mol. The zero-order valence-corrected chi connectivity index (χ0v) is 12.6. The quantitative estimate of drug-likeness (QED) is 0.760. The lowest BCUT2D eigenvalue weighted by Crippen LogP contribution is -2.28. The van der Waals surface area contributed by atoms with Crippen LogP contribution < -0.4 is 5.32 Å². The second-order valence-electron chi connectivity index (χ2n) is 4.62. The van der Waals surface area contributed by atoms with Gasteiger partial charge < -0.3 is 15.5 Å². The molecule has 0 aliphatic rings. The first-order chi connectivity index (χ1) is 9.70. The van der Waals surface area contributed by atoms with Gasteiger partial charge in [-0.1, -0.05) is 58.4 Å². The summed E-state index contributed by atoms with van der Waals surface area (Å²) < 4.78 is 0.941. The van der Waals surface area contributed by atoms with Crippen molar-refractivity contribution in [2.75, 3.05) is 13.2 Å². The standard InChI is InChI=1S/C16H18BrNO2/c17-14-8-4-7-13(9-14)16(20)10-18-15(11-19)12-5-2-1-3-6-12/h1-9,15-16,18-20H,10-11H2. The van der Waals surface area contributed by atoms with Crippen molar-refractivity contribution in [2.45, 2.75) is 12.1 Å². The van der Waals surface area contributed by atoms with E-state index in [1.807, 2.05) is 54.6 Å². The van der Waals surface area contributed by atoms with Crippen LogP contribution in [0.3, 0.4) is 0 Å². The molecule has 0 saturated heterocycles. The molecular formula is C16H18BrNO2. The summed E-state index contributed by atoms with van der Waals surface area (Å²) in [5, 5.41) is 22.8. The highest BCUT2D eigenvalue weighted by Gasteiger charge is 2.13. The normalized spacial score (nSPS) is 13.9. The Balaban J connectivity index is 1.96. The van der Waals surface area contributed by atoms with E-state index in [0.29, 0.717) is 6.54 Å². The van der Waals surface area contributed by atoms with Gasteiger partial charge in [0.2, 0.25) is 0 Å². The Morgan fingerprint density at radius 3 is 2.35 bits per heavy atom. The monoisotopic (exact) mass is 335 g/mol. The number of rotatable bonds is 6. The van der Waals surface area contributed by atoms with Crippen molar-refractivity contribution in [1.82, 2.24) is 5.32 Å². The smallest absolute Gasteiger partial charge is 0.0914 e. The average Bonchev–Trinajstić information content (AvgIpc) is 2.49. The number of hydrogen-bond donors (Lipinski definition) is 3. The topological polar surface area (TPSA) is 52.5 Å². The lowest BCUT2D eigenvalue weighted by molar-refractivity contribution is 0.159. The minimum Gasteiger partial charge on any atom is -0.394 e. The lowest BCUT2D eigenvalue weighted by Gasteiger charge is -2.19. The van der Waals surface area contributed by atoms with Gasteiger partial charge in [-0.2, -0.15) is 0 Å². The van der Waals surface area contributed by atoms with Crippen LogP contribution in [-0.2, 0) is 0 Å². The van der Waals surface area contributed by atoms with E-state index < -0.39 is 6.10 Å². The van der Waals surface area contributed by atoms with Crippen molar-refractivity contribution < 1.29 is 10.2 Å². The van der Waals surface area contributed by atoms with E-state index >= 15 is 0 Å². The molecule has 0 heterocycles. The largest absolute Gasteiger partial charge is 0.394 e. The highest BCUT2D eigenvalue weighted by Crippen LogP contribution is 2.19. The van der Waals surface area contributed by atoms with Gasteiger partial charge in [0.15, 0.2) is 0 Å². The van der Waals surface area contributed by atoms with E-state index in [2.05, 4.69) is 21.2 Å². The van der Waals surface area contributed by atoms with Crippen LogP contribution in [0, 0.1) is 0 Å². The maximum atomic E-state index is 10.2. The molecule has 2 aromatic carbocycles. The molecule has 2 unspecified atom stereocenters.